The van der Waals surface area contributed by atoms with E-state index in [0.29, 0.717) is 17.0 Å². The highest BCUT2D eigenvalue weighted by atomic mass is 16.7. The van der Waals surface area contributed by atoms with E-state index in [1.807, 2.05) is 67.6 Å². The van der Waals surface area contributed by atoms with E-state index >= 15 is 0 Å². The number of carbonyl (C=O) groups is 1. The lowest BCUT2D eigenvalue weighted by molar-refractivity contribution is 0.104. The molecule has 2 heterocycles. The Morgan fingerprint density at radius 2 is 1.81 bits per heavy atom. The van der Waals surface area contributed by atoms with E-state index in [-0.39, 0.29) is 12.6 Å². The first kappa shape index (κ1) is 16.1. The minimum atomic E-state index is -0.0766. The lowest BCUT2D eigenvalue weighted by Gasteiger charge is -2.05. The van der Waals surface area contributed by atoms with Crippen molar-refractivity contribution in [1.82, 2.24) is 4.98 Å². The molecule has 4 rings (SSSR count). The van der Waals surface area contributed by atoms with Crippen molar-refractivity contribution in [3.05, 3.63) is 83.6 Å². The Hall–Kier alpha value is -3.40. The van der Waals surface area contributed by atoms with Gasteiger partial charge in [-0.25, -0.2) is 0 Å². The fraction of sp³-hybridized carbons (Fsp3) is 0.0909. The van der Waals surface area contributed by atoms with Crippen LogP contribution in [-0.4, -0.2) is 17.6 Å². The number of pyridine rings is 1. The summed E-state index contributed by atoms with van der Waals surface area (Å²) in [7, 11) is 0. The van der Waals surface area contributed by atoms with E-state index in [9.17, 15) is 4.79 Å². The van der Waals surface area contributed by atoms with Crippen LogP contribution in [0.2, 0.25) is 0 Å². The summed E-state index contributed by atoms with van der Waals surface area (Å²) in [6.07, 6.45) is 3.33. The number of benzene rings is 2. The van der Waals surface area contributed by atoms with Gasteiger partial charge in [-0.2, -0.15) is 0 Å². The van der Waals surface area contributed by atoms with Crippen molar-refractivity contribution in [2.24, 2.45) is 0 Å². The highest BCUT2D eigenvalue weighted by Crippen LogP contribution is 2.32. The highest BCUT2D eigenvalue weighted by molar-refractivity contribution is 6.07. The van der Waals surface area contributed by atoms with Crippen molar-refractivity contribution in [1.29, 1.82) is 0 Å². The van der Waals surface area contributed by atoms with Crippen molar-refractivity contribution >= 4 is 11.9 Å². The number of carbonyl (C=O) groups excluding carboxylic acids is 1. The second-order valence-corrected chi connectivity index (χ2v) is 6.01. The predicted octanol–water partition coefficient (Wildman–Crippen LogP) is 4.68. The third kappa shape index (κ3) is 3.22. The molecular formula is C22H17NO3. The molecule has 0 radical (unpaired) electrons. The molecule has 0 aliphatic carbocycles. The molecule has 4 heteroatoms. The van der Waals surface area contributed by atoms with Crippen molar-refractivity contribution in [3.63, 3.8) is 0 Å². The maximum atomic E-state index is 12.5. The molecule has 3 aromatic rings. The number of nitrogens with zero attached hydrogens (tertiary/aromatic N) is 1. The van der Waals surface area contributed by atoms with Crippen LogP contribution in [0.5, 0.6) is 11.5 Å². The topological polar surface area (TPSA) is 48.4 Å². The van der Waals surface area contributed by atoms with Crippen molar-refractivity contribution in [3.8, 4) is 22.8 Å². The van der Waals surface area contributed by atoms with Gasteiger partial charge in [-0.15, -0.1) is 0 Å². The van der Waals surface area contributed by atoms with Crippen LogP contribution in [-0.2, 0) is 0 Å². The third-order valence-corrected chi connectivity index (χ3v) is 4.24. The van der Waals surface area contributed by atoms with Gasteiger partial charge in [-0.1, -0.05) is 42.5 Å². The van der Waals surface area contributed by atoms with Gasteiger partial charge in [0.2, 0.25) is 6.79 Å². The largest absolute Gasteiger partial charge is 0.454 e. The Labute approximate surface area is 151 Å². The molecule has 0 atom stereocenters. The van der Waals surface area contributed by atoms with E-state index in [1.54, 1.807) is 12.2 Å². The van der Waals surface area contributed by atoms with Crippen LogP contribution in [0.25, 0.3) is 17.3 Å². The summed E-state index contributed by atoms with van der Waals surface area (Å²) in [6.45, 7) is 2.09. The van der Waals surface area contributed by atoms with Gasteiger partial charge in [0, 0.05) is 16.8 Å². The van der Waals surface area contributed by atoms with Crippen LogP contribution in [0, 0.1) is 6.92 Å². The van der Waals surface area contributed by atoms with Gasteiger partial charge in [0.25, 0.3) is 0 Å². The summed E-state index contributed by atoms with van der Waals surface area (Å²) in [5.41, 5.74) is 4.09. The number of ether oxygens (including phenoxy) is 2. The van der Waals surface area contributed by atoms with Crippen LogP contribution < -0.4 is 9.47 Å². The molecular weight excluding hydrogens is 326 g/mol. The molecule has 1 aliphatic rings. The highest BCUT2D eigenvalue weighted by Gasteiger charge is 2.13. The number of aromatic nitrogens is 1. The quantitative estimate of drug-likeness (QED) is 0.510. The lowest BCUT2D eigenvalue weighted by Crippen LogP contribution is -2.01. The standard InChI is InChI=1S/C22H17NO3/c1-15-18(9-10-19(23-15)17-5-3-2-4-6-17)20(24)11-7-16-8-12-21-22(13-16)26-14-25-21/h2-13H,14H2,1H3/b11-7+. The van der Waals surface area contributed by atoms with Gasteiger partial charge in [0.15, 0.2) is 17.3 Å². The first-order valence-corrected chi connectivity index (χ1v) is 8.36. The molecule has 128 valence electrons. The summed E-state index contributed by atoms with van der Waals surface area (Å²) in [4.78, 5) is 17.1. The van der Waals surface area contributed by atoms with E-state index in [2.05, 4.69) is 4.98 Å². The third-order valence-electron chi connectivity index (χ3n) is 4.24. The SMILES string of the molecule is Cc1nc(-c2ccccc2)ccc1C(=O)/C=C/c1ccc2c(c1)OCO2. The average Bonchev–Trinajstić information content (AvgIpc) is 3.14. The first-order chi connectivity index (χ1) is 12.7. The van der Waals surface area contributed by atoms with Gasteiger partial charge in [0.05, 0.1) is 5.69 Å². The zero-order valence-corrected chi connectivity index (χ0v) is 14.3. The zero-order chi connectivity index (χ0) is 17.9. The molecule has 26 heavy (non-hydrogen) atoms. The average molecular weight is 343 g/mol. The molecule has 4 nitrogen and oxygen atoms in total. The minimum Gasteiger partial charge on any atom is -0.454 e. The molecule has 0 amide bonds. The van der Waals surface area contributed by atoms with E-state index in [4.69, 9.17) is 9.47 Å². The van der Waals surface area contributed by atoms with Crippen LogP contribution in [0.1, 0.15) is 21.6 Å². The second kappa shape index (κ2) is 6.84. The van der Waals surface area contributed by atoms with Crippen LogP contribution in [0.3, 0.4) is 0 Å². The Kier molecular flexibility index (Phi) is 4.23. The zero-order valence-electron chi connectivity index (χ0n) is 14.3. The van der Waals surface area contributed by atoms with Gasteiger partial charge < -0.3 is 9.47 Å². The Balaban J connectivity index is 1.55. The van der Waals surface area contributed by atoms with Crippen LogP contribution in [0.4, 0.5) is 0 Å². The van der Waals surface area contributed by atoms with Gasteiger partial charge >= 0.3 is 0 Å². The summed E-state index contributed by atoms with van der Waals surface area (Å²) in [5.74, 6) is 1.35. The molecule has 1 aliphatic heterocycles. The Morgan fingerprint density at radius 1 is 1.00 bits per heavy atom. The smallest absolute Gasteiger partial charge is 0.231 e. The van der Waals surface area contributed by atoms with E-state index in [1.165, 1.54) is 0 Å². The number of rotatable bonds is 4. The fourth-order valence-corrected chi connectivity index (χ4v) is 2.87. The van der Waals surface area contributed by atoms with Gasteiger partial charge in [-0.05, 0) is 42.8 Å². The monoisotopic (exact) mass is 343 g/mol. The summed E-state index contributed by atoms with van der Waals surface area (Å²) >= 11 is 0. The molecule has 0 N–H and O–H groups in total. The molecule has 0 unspecified atom stereocenters. The van der Waals surface area contributed by atoms with Crippen LogP contribution in [0.15, 0.2) is 66.7 Å². The van der Waals surface area contributed by atoms with E-state index in [0.717, 1.165) is 22.6 Å². The number of aryl methyl sites for hydroxylation is 1. The summed E-state index contributed by atoms with van der Waals surface area (Å²) < 4.78 is 10.6. The number of fused-ring (bicyclic) bond motifs is 1. The van der Waals surface area contributed by atoms with Crippen molar-refractivity contribution in [2.75, 3.05) is 6.79 Å². The maximum absolute atomic E-state index is 12.5. The van der Waals surface area contributed by atoms with Gasteiger partial charge in [-0.3, -0.25) is 9.78 Å². The molecule has 0 saturated carbocycles. The van der Waals surface area contributed by atoms with Crippen molar-refractivity contribution < 1.29 is 14.3 Å². The Bertz CT molecular complexity index is 994. The predicted molar refractivity (Wildman–Crippen MR) is 100 cm³/mol. The minimum absolute atomic E-state index is 0.0766. The summed E-state index contributed by atoms with van der Waals surface area (Å²) in [6, 6.07) is 19.2. The maximum Gasteiger partial charge on any atom is 0.231 e. The fourth-order valence-electron chi connectivity index (χ4n) is 2.87. The summed E-state index contributed by atoms with van der Waals surface area (Å²) in [5, 5.41) is 0. The molecule has 1 aromatic heterocycles. The molecule has 0 spiro atoms. The van der Waals surface area contributed by atoms with Crippen molar-refractivity contribution in [2.45, 2.75) is 6.92 Å². The molecule has 0 fully saturated rings. The molecule has 0 saturated heterocycles. The van der Waals surface area contributed by atoms with Crippen LogP contribution >= 0.6 is 0 Å². The molecule has 0 bridgehead atoms. The molecule has 2 aromatic carbocycles. The normalized spacial score (nSPS) is 12.5. The number of allylic oxidation sites excluding steroid dienone is 1. The number of ketones is 1. The second-order valence-electron chi connectivity index (χ2n) is 6.01. The lowest BCUT2D eigenvalue weighted by atomic mass is 10.0. The number of hydrogen-bond donors (Lipinski definition) is 0. The Morgan fingerprint density at radius 3 is 2.62 bits per heavy atom. The first-order valence-electron chi connectivity index (χ1n) is 8.36. The number of hydrogen-bond acceptors (Lipinski definition) is 4. The van der Waals surface area contributed by atoms with Gasteiger partial charge in [0.1, 0.15) is 0 Å². The van der Waals surface area contributed by atoms with E-state index < -0.39 is 0 Å².